The first-order valence-corrected chi connectivity index (χ1v) is 2.16. The maximum absolute atomic E-state index is 9.72. The molecule has 0 saturated heterocycles. The van der Waals surface area contributed by atoms with E-state index in [-0.39, 0.29) is 46.6 Å². The molecule has 7 heteroatoms. The van der Waals surface area contributed by atoms with Crippen LogP contribution in [0.2, 0.25) is 0 Å². The third-order valence-corrected chi connectivity index (χ3v) is 0.653. The van der Waals surface area contributed by atoms with Gasteiger partial charge in [-0.3, -0.25) is 4.79 Å². The van der Waals surface area contributed by atoms with Gasteiger partial charge in [-0.05, 0) is 0 Å². The fourth-order valence-corrected chi connectivity index (χ4v) is 0.253. The van der Waals surface area contributed by atoms with Crippen molar-refractivity contribution in [3.8, 4) is 0 Å². The van der Waals surface area contributed by atoms with Crippen LogP contribution in [0, 0.1) is 0 Å². The molecule has 0 aromatic heterocycles. The molecule has 0 spiro atoms. The summed E-state index contributed by atoms with van der Waals surface area (Å²) in [5.41, 5.74) is 0. The average Bonchev–Trinajstić information content (AvgIpc) is 1.63. The van der Waals surface area contributed by atoms with Crippen molar-refractivity contribution >= 4 is 41.5 Å². The van der Waals surface area contributed by atoms with Crippen molar-refractivity contribution in [3.05, 3.63) is 0 Å². The zero-order chi connectivity index (χ0) is 7.44. The van der Waals surface area contributed by atoms with Gasteiger partial charge in [-0.2, -0.15) is 0 Å². The summed E-state index contributed by atoms with van der Waals surface area (Å²) >= 11 is 0. The molecule has 0 aromatic carbocycles. The molecular weight excluding hydrogens is 206 g/mol. The van der Waals surface area contributed by atoms with Crippen LogP contribution in [0.5, 0.6) is 0 Å². The number of carboxylic acid groups (broad SMARTS) is 2. The minimum absolute atomic E-state index is 0. The molecule has 0 rings (SSSR count). The molecule has 61 valence electrons. The van der Waals surface area contributed by atoms with E-state index < -0.39 is 24.5 Å². The molecule has 0 bridgehead atoms. The predicted molar refractivity (Wildman–Crippen MR) is 33.0 cm³/mol. The van der Waals surface area contributed by atoms with E-state index in [2.05, 4.69) is 0 Å². The van der Waals surface area contributed by atoms with Crippen molar-refractivity contribution in [2.45, 2.75) is 12.5 Å². The minimum atomic E-state index is -1.79. The fraction of sp³-hybridized carbons (Fsp3) is 0.500. The third-order valence-electron chi connectivity index (χ3n) is 0.653. The first-order valence-electron chi connectivity index (χ1n) is 2.16. The fourth-order valence-electron chi connectivity index (χ4n) is 0.253. The molecule has 0 saturated carbocycles. The number of aliphatic carboxylic acids is 2. The Hall–Kier alpha value is 0.419. The second-order valence-corrected chi connectivity index (χ2v) is 1.45. The zero-order valence-electron chi connectivity index (χ0n) is 4.82. The monoisotopic (exact) mass is 213 g/mol. The molecule has 0 aliphatic carbocycles. The van der Waals surface area contributed by atoms with Gasteiger partial charge in [0.15, 0.2) is 6.10 Å². The van der Waals surface area contributed by atoms with Gasteiger partial charge in [0.25, 0.3) is 0 Å². The molecule has 1 radical (unpaired) electrons. The van der Waals surface area contributed by atoms with E-state index in [1.807, 2.05) is 0 Å². The number of hydrogen-bond donors (Lipinski definition) is 3. The number of carboxylic acids is 2. The van der Waals surface area contributed by atoms with Gasteiger partial charge in [0.05, 0.1) is 6.42 Å². The van der Waals surface area contributed by atoms with Crippen LogP contribution in [-0.4, -0.2) is 62.9 Å². The van der Waals surface area contributed by atoms with E-state index in [4.69, 9.17) is 15.3 Å². The first-order chi connectivity index (χ1) is 4.04. The Morgan fingerprint density at radius 2 is 1.64 bits per heavy atom. The summed E-state index contributed by atoms with van der Waals surface area (Å²) in [5, 5.41) is 24.1. The second-order valence-electron chi connectivity index (χ2n) is 1.45. The van der Waals surface area contributed by atoms with Crippen molar-refractivity contribution in [2.24, 2.45) is 0 Å². The first kappa shape index (κ1) is 17.5. The van der Waals surface area contributed by atoms with Crippen LogP contribution in [-0.2, 0) is 26.7 Å². The van der Waals surface area contributed by atoms with Gasteiger partial charge in [0, 0.05) is 17.1 Å². The summed E-state index contributed by atoms with van der Waals surface area (Å²) in [6, 6.07) is 0. The molecule has 3 N–H and O–H groups in total. The Labute approximate surface area is 95.5 Å². The van der Waals surface area contributed by atoms with Crippen LogP contribution in [0.15, 0.2) is 0 Å². The van der Waals surface area contributed by atoms with Crippen LogP contribution in [0.1, 0.15) is 6.42 Å². The van der Waals surface area contributed by atoms with Crippen LogP contribution in [0.4, 0.5) is 0 Å². The van der Waals surface area contributed by atoms with Gasteiger partial charge in [0.1, 0.15) is 0 Å². The van der Waals surface area contributed by atoms with E-state index >= 15 is 0 Å². The third kappa shape index (κ3) is 10.4. The number of aliphatic hydroxyl groups excluding tert-OH is 1. The van der Waals surface area contributed by atoms with Crippen molar-refractivity contribution in [1.82, 2.24) is 0 Å². The summed E-state index contributed by atoms with van der Waals surface area (Å²) in [4.78, 5) is 19.4. The number of carbonyl (C=O) groups is 2. The maximum atomic E-state index is 9.72. The normalized spacial score (nSPS) is 10.3. The zero-order valence-corrected chi connectivity index (χ0v) is 6.00. The molecule has 0 aromatic rings. The van der Waals surface area contributed by atoms with Crippen LogP contribution in [0.25, 0.3) is 0 Å². The summed E-state index contributed by atoms with van der Waals surface area (Å²) in [6.45, 7) is 0. The average molecular weight is 213 g/mol. The van der Waals surface area contributed by atoms with Crippen molar-refractivity contribution in [1.29, 1.82) is 0 Å². The molecule has 0 fully saturated rings. The van der Waals surface area contributed by atoms with Gasteiger partial charge >= 0.3 is 41.5 Å². The molecule has 1 unspecified atom stereocenters. The van der Waals surface area contributed by atoms with E-state index in [1.165, 1.54) is 0 Å². The topological polar surface area (TPSA) is 94.8 Å². The standard InChI is InChI=1S/C4H6O5.Mn.Na.H/c5-2(4(8)9)1-3(6)7;;;/h2,5H,1H2,(H,6,7)(H,8,9);;;. The van der Waals surface area contributed by atoms with Crippen LogP contribution < -0.4 is 0 Å². The SMILES string of the molecule is O=C(O)CC(O)C(=O)O.[Mn].[NaH]. The molecular formula is C4H7MnNaO5. The van der Waals surface area contributed by atoms with Crippen molar-refractivity contribution < 1.29 is 42.0 Å². The summed E-state index contributed by atoms with van der Waals surface area (Å²) in [6.07, 6.45) is -2.54. The molecule has 1 atom stereocenters. The Morgan fingerprint density at radius 1 is 1.27 bits per heavy atom. The number of hydrogen-bond acceptors (Lipinski definition) is 3. The molecule has 5 nitrogen and oxygen atoms in total. The molecule has 0 amide bonds. The van der Waals surface area contributed by atoms with E-state index in [0.29, 0.717) is 0 Å². The number of rotatable bonds is 3. The van der Waals surface area contributed by atoms with E-state index in [1.54, 1.807) is 0 Å². The Bertz CT molecular complexity index is 138. The summed E-state index contributed by atoms with van der Waals surface area (Å²) < 4.78 is 0. The Kier molecular flexibility index (Phi) is 13.5. The molecule has 0 heterocycles. The second kappa shape index (κ2) is 8.52. The Balaban J connectivity index is -0.000000320. The van der Waals surface area contributed by atoms with Crippen LogP contribution >= 0.6 is 0 Å². The van der Waals surface area contributed by atoms with Crippen molar-refractivity contribution in [3.63, 3.8) is 0 Å². The molecule has 0 aliphatic rings. The quantitative estimate of drug-likeness (QED) is 0.483. The van der Waals surface area contributed by atoms with Gasteiger partial charge in [-0.15, -0.1) is 0 Å². The summed E-state index contributed by atoms with van der Waals surface area (Å²) in [5.74, 6) is -2.85. The predicted octanol–water partition coefficient (Wildman–Crippen LogP) is -1.74. The van der Waals surface area contributed by atoms with E-state index in [9.17, 15) is 9.59 Å². The summed E-state index contributed by atoms with van der Waals surface area (Å²) in [7, 11) is 0. The van der Waals surface area contributed by atoms with Gasteiger partial charge < -0.3 is 15.3 Å². The van der Waals surface area contributed by atoms with Gasteiger partial charge in [0.2, 0.25) is 0 Å². The van der Waals surface area contributed by atoms with Gasteiger partial charge in [-0.25, -0.2) is 4.79 Å². The van der Waals surface area contributed by atoms with Crippen LogP contribution in [0.3, 0.4) is 0 Å². The number of aliphatic hydroxyl groups is 1. The van der Waals surface area contributed by atoms with Crippen molar-refractivity contribution in [2.75, 3.05) is 0 Å². The molecule has 0 aliphatic heterocycles. The van der Waals surface area contributed by atoms with Gasteiger partial charge in [-0.1, -0.05) is 0 Å². The molecule has 11 heavy (non-hydrogen) atoms. The Morgan fingerprint density at radius 3 is 1.73 bits per heavy atom. The van der Waals surface area contributed by atoms with E-state index in [0.717, 1.165) is 0 Å².